The lowest BCUT2D eigenvalue weighted by Crippen LogP contribution is -2.68. The Bertz CT molecular complexity index is 1500. The molecule has 4 heterocycles. The summed E-state index contributed by atoms with van der Waals surface area (Å²) in [6.07, 6.45) is -25.9. The third-order valence-corrected chi connectivity index (χ3v) is 16.8. The van der Waals surface area contributed by atoms with Gasteiger partial charge in [0.2, 0.25) is 0 Å². The second kappa shape index (κ2) is 27.1. The van der Waals surface area contributed by atoms with Crippen LogP contribution in [0.25, 0.3) is 0 Å². The Balaban J connectivity index is 2.05. The standard InChI is InChI=1S/C48H94N4O20/c1-19(2)30(22(31-20(3)69-43(35(51-9)41(31)67)37(63)26(59)15-53)11-47(5)13-24(57)33(49-7)45(71-47)39(65)28(61)17-55)23(32-21(4)70-44(36(52-10)42(32)68)38(64)27(60)16-54)12-48(6)14-25(58)34(50-8)46(72-48)40(66)29(62)18-56/h19-46,49-68H,11-18H2,1-10H3. The van der Waals surface area contributed by atoms with E-state index in [1.165, 1.54) is 14.1 Å². The fraction of sp³-hybridized carbons (Fsp3) is 1.00. The van der Waals surface area contributed by atoms with E-state index in [0.717, 1.165) is 0 Å². The zero-order valence-electron chi connectivity index (χ0n) is 43.6. The third-order valence-electron chi connectivity index (χ3n) is 16.8. The van der Waals surface area contributed by atoms with Crippen molar-refractivity contribution in [1.29, 1.82) is 0 Å². The van der Waals surface area contributed by atoms with E-state index < -0.39 is 207 Å². The molecule has 0 amide bonds. The SMILES string of the molecule is CNC1C(O)CC(C)(CC(C2C(C)OC(C(O)C(O)CO)C(NC)C2O)C(C(C)C)C(CC2(C)CC(O)C(NC)C(C(O)C(O)CO)O2)C2C(C)OC(C(O)C(O)CO)C(NC)C2O)OC1C(O)C(O)CO. The summed E-state index contributed by atoms with van der Waals surface area (Å²) in [4.78, 5) is 0. The fourth-order valence-electron chi connectivity index (χ4n) is 13.4. The van der Waals surface area contributed by atoms with Crippen LogP contribution in [0.2, 0.25) is 0 Å². The molecule has 24 nitrogen and oxygen atoms in total. The molecular formula is C48H94N4O20. The number of ether oxygens (including phenoxy) is 4. The van der Waals surface area contributed by atoms with Crippen molar-refractivity contribution in [3.63, 3.8) is 0 Å². The first-order valence-corrected chi connectivity index (χ1v) is 25.7. The van der Waals surface area contributed by atoms with Gasteiger partial charge in [0.15, 0.2) is 0 Å². The maximum Gasteiger partial charge on any atom is 0.110 e. The summed E-state index contributed by atoms with van der Waals surface area (Å²) in [6, 6.07) is -4.03. The summed E-state index contributed by atoms with van der Waals surface area (Å²) in [5.74, 6) is -4.74. The molecule has 426 valence electrons. The molecule has 0 aromatic rings. The van der Waals surface area contributed by atoms with Crippen molar-refractivity contribution in [1.82, 2.24) is 21.3 Å². The Morgan fingerprint density at radius 1 is 0.472 bits per heavy atom. The summed E-state index contributed by atoms with van der Waals surface area (Å²) in [7, 11) is 6.15. The highest BCUT2D eigenvalue weighted by atomic mass is 16.5. The van der Waals surface area contributed by atoms with Gasteiger partial charge in [-0.1, -0.05) is 13.8 Å². The molecule has 28 atom stereocenters. The third kappa shape index (κ3) is 13.6. The van der Waals surface area contributed by atoms with Crippen LogP contribution in [-0.2, 0) is 18.9 Å². The van der Waals surface area contributed by atoms with Gasteiger partial charge in [-0.2, -0.15) is 0 Å². The molecule has 4 fully saturated rings. The number of rotatable bonds is 25. The number of likely N-dealkylation sites (N-methyl/N-ethyl adjacent to an activating group) is 4. The van der Waals surface area contributed by atoms with E-state index in [1.54, 1.807) is 41.8 Å². The van der Waals surface area contributed by atoms with E-state index >= 15 is 0 Å². The van der Waals surface area contributed by atoms with Gasteiger partial charge < -0.3 is 122 Å². The van der Waals surface area contributed by atoms with Gasteiger partial charge >= 0.3 is 0 Å². The van der Waals surface area contributed by atoms with Crippen LogP contribution in [-0.4, -0.2) is 282 Å². The van der Waals surface area contributed by atoms with E-state index in [2.05, 4.69) is 21.3 Å². The molecule has 20 N–H and O–H groups in total. The summed E-state index contributed by atoms with van der Waals surface area (Å²) in [5, 5.41) is 189. The number of aliphatic hydroxyl groups excluding tert-OH is 16. The van der Waals surface area contributed by atoms with Crippen LogP contribution in [0.15, 0.2) is 0 Å². The zero-order chi connectivity index (χ0) is 54.5. The largest absolute Gasteiger partial charge is 0.394 e. The van der Waals surface area contributed by atoms with Crippen LogP contribution < -0.4 is 21.3 Å². The van der Waals surface area contributed by atoms with Gasteiger partial charge in [-0.25, -0.2) is 0 Å². The molecule has 0 saturated carbocycles. The van der Waals surface area contributed by atoms with E-state index in [1.807, 2.05) is 13.8 Å². The van der Waals surface area contributed by atoms with E-state index in [4.69, 9.17) is 18.9 Å². The molecule has 0 aromatic carbocycles. The van der Waals surface area contributed by atoms with Gasteiger partial charge in [0, 0.05) is 24.7 Å². The lowest BCUT2D eigenvalue weighted by atomic mass is 9.56. The second-order valence-electron chi connectivity index (χ2n) is 22.1. The molecule has 28 unspecified atom stereocenters. The first kappa shape index (κ1) is 63.6. The minimum absolute atomic E-state index is 0.0414. The van der Waals surface area contributed by atoms with Gasteiger partial charge in [-0.3, -0.25) is 0 Å². The average molecular weight is 1050 g/mol. The summed E-state index contributed by atoms with van der Waals surface area (Å²) in [6.45, 7) is 7.34. The van der Waals surface area contributed by atoms with Crippen molar-refractivity contribution < 1.29 is 101 Å². The lowest BCUT2D eigenvalue weighted by molar-refractivity contribution is -0.252. The van der Waals surface area contributed by atoms with Crippen molar-refractivity contribution in [2.24, 2.45) is 35.5 Å². The van der Waals surface area contributed by atoms with Crippen LogP contribution in [0, 0.1) is 35.5 Å². The predicted molar refractivity (Wildman–Crippen MR) is 258 cm³/mol. The van der Waals surface area contributed by atoms with Gasteiger partial charge in [-0.05, 0) is 92.4 Å². The van der Waals surface area contributed by atoms with E-state index in [9.17, 15) is 81.7 Å². The first-order chi connectivity index (χ1) is 33.7. The number of nitrogens with one attached hydrogen (secondary N) is 4. The number of hydrogen-bond acceptors (Lipinski definition) is 24. The summed E-state index contributed by atoms with van der Waals surface area (Å²) >= 11 is 0. The van der Waals surface area contributed by atoms with Gasteiger partial charge in [-0.15, -0.1) is 0 Å². The number of hydrogen-bond donors (Lipinski definition) is 20. The van der Waals surface area contributed by atoms with Crippen LogP contribution in [0.3, 0.4) is 0 Å². The summed E-state index contributed by atoms with van der Waals surface area (Å²) in [5.41, 5.74) is -2.83. The zero-order valence-corrected chi connectivity index (χ0v) is 43.6. The normalized spacial score (nSPS) is 42.7. The molecule has 4 aliphatic rings. The van der Waals surface area contributed by atoms with Crippen LogP contribution >= 0.6 is 0 Å². The molecule has 4 saturated heterocycles. The lowest BCUT2D eigenvalue weighted by Gasteiger charge is -2.58. The predicted octanol–water partition coefficient (Wildman–Crippen LogP) is -7.17. The van der Waals surface area contributed by atoms with Crippen LogP contribution in [0.1, 0.15) is 67.2 Å². The molecule has 0 radical (unpaired) electrons. The van der Waals surface area contributed by atoms with Crippen molar-refractivity contribution in [3.8, 4) is 0 Å². The molecule has 0 bridgehead atoms. The minimum atomic E-state index is -1.70. The molecule has 0 spiro atoms. The monoisotopic (exact) mass is 1050 g/mol. The maximum absolute atomic E-state index is 12.9. The van der Waals surface area contributed by atoms with Crippen molar-refractivity contribution in [2.75, 3.05) is 54.6 Å². The van der Waals surface area contributed by atoms with Crippen molar-refractivity contribution in [3.05, 3.63) is 0 Å². The molecule has 0 aliphatic carbocycles. The van der Waals surface area contributed by atoms with Crippen LogP contribution in [0.4, 0.5) is 0 Å². The van der Waals surface area contributed by atoms with E-state index in [0.29, 0.717) is 0 Å². The van der Waals surface area contributed by atoms with E-state index in [-0.39, 0.29) is 25.7 Å². The Morgan fingerprint density at radius 2 is 0.750 bits per heavy atom. The minimum Gasteiger partial charge on any atom is -0.394 e. The highest BCUT2D eigenvalue weighted by molar-refractivity contribution is 5.10. The fourth-order valence-corrected chi connectivity index (χ4v) is 13.4. The quantitative estimate of drug-likeness (QED) is 0.0404. The Kier molecular flexibility index (Phi) is 23.9. The molecular weight excluding hydrogens is 953 g/mol. The first-order valence-electron chi connectivity index (χ1n) is 25.7. The number of aliphatic hydroxyl groups is 16. The molecule has 4 rings (SSSR count). The van der Waals surface area contributed by atoms with Crippen LogP contribution in [0.5, 0.6) is 0 Å². The van der Waals surface area contributed by atoms with Gasteiger partial charge in [0.25, 0.3) is 0 Å². The highest BCUT2D eigenvalue weighted by Crippen LogP contribution is 2.54. The second-order valence-corrected chi connectivity index (χ2v) is 22.1. The maximum atomic E-state index is 12.9. The Labute approximate surface area is 423 Å². The smallest absolute Gasteiger partial charge is 0.110 e. The van der Waals surface area contributed by atoms with Crippen molar-refractivity contribution >= 4 is 0 Å². The highest BCUT2D eigenvalue weighted by Gasteiger charge is 2.60. The molecule has 24 heteroatoms. The van der Waals surface area contributed by atoms with Crippen molar-refractivity contribution in [2.45, 2.75) is 212 Å². The molecule has 72 heavy (non-hydrogen) atoms. The average Bonchev–Trinajstić information content (AvgIpc) is 3.33. The van der Waals surface area contributed by atoms with Gasteiger partial charge in [0.05, 0.1) is 98.4 Å². The Hall–Kier alpha value is -0.960. The Morgan fingerprint density at radius 3 is 1.00 bits per heavy atom. The molecule has 4 aliphatic heterocycles. The summed E-state index contributed by atoms with van der Waals surface area (Å²) < 4.78 is 26.7. The van der Waals surface area contributed by atoms with Gasteiger partial charge in [0.1, 0.15) is 73.2 Å². The topological polar surface area (TPSA) is 409 Å². The molecule has 0 aromatic heterocycles.